The second-order valence-corrected chi connectivity index (χ2v) is 8.72. The lowest BCUT2D eigenvalue weighted by molar-refractivity contribution is -0.148. The fourth-order valence-electron chi connectivity index (χ4n) is 4.49. The number of benzene rings is 1. The van der Waals surface area contributed by atoms with Crippen molar-refractivity contribution in [3.8, 4) is 0 Å². The largest absolute Gasteiger partial charge is 0.466 e. The molecular weight excluding hydrogens is 412 g/mol. The van der Waals surface area contributed by atoms with Crippen LogP contribution in [0.5, 0.6) is 0 Å². The lowest BCUT2D eigenvalue weighted by Crippen LogP contribution is -2.40. The van der Waals surface area contributed by atoms with Gasteiger partial charge >= 0.3 is 17.1 Å². The number of amides is 1. The zero-order chi connectivity index (χ0) is 23.0. The van der Waals surface area contributed by atoms with E-state index in [9.17, 15) is 19.2 Å². The fraction of sp³-hybridized carbons (Fsp3) is 0.565. The van der Waals surface area contributed by atoms with Crippen molar-refractivity contribution in [2.45, 2.75) is 39.0 Å². The maximum absolute atomic E-state index is 12.7. The van der Waals surface area contributed by atoms with Gasteiger partial charge in [-0.1, -0.05) is 6.42 Å². The number of piperidine rings is 1. The summed E-state index contributed by atoms with van der Waals surface area (Å²) in [5.41, 5.74) is 1.39. The Morgan fingerprint density at radius 2 is 1.56 bits per heavy atom. The number of nitrogens with one attached hydrogen (secondary N) is 1. The summed E-state index contributed by atoms with van der Waals surface area (Å²) >= 11 is 0. The summed E-state index contributed by atoms with van der Waals surface area (Å²) in [6.07, 6.45) is 4.12. The van der Waals surface area contributed by atoms with Crippen LogP contribution in [0.1, 0.15) is 39.0 Å². The van der Waals surface area contributed by atoms with Gasteiger partial charge in [0, 0.05) is 33.1 Å². The molecule has 32 heavy (non-hydrogen) atoms. The molecule has 1 aromatic carbocycles. The first-order valence-corrected chi connectivity index (χ1v) is 11.3. The van der Waals surface area contributed by atoms with E-state index in [0.717, 1.165) is 24.9 Å². The molecule has 1 N–H and O–H groups in total. The summed E-state index contributed by atoms with van der Waals surface area (Å²) in [6.45, 7) is 3.42. The highest BCUT2D eigenvalue weighted by Crippen LogP contribution is 2.35. The fourth-order valence-corrected chi connectivity index (χ4v) is 4.49. The van der Waals surface area contributed by atoms with Crippen molar-refractivity contribution in [3.05, 3.63) is 32.8 Å². The van der Waals surface area contributed by atoms with Crippen LogP contribution in [-0.2, 0) is 28.4 Å². The first kappa shape index (κ1) is 22.1. The number of ether oxygens (including phenoxy) is 1. The van der Waals surface area contributed by atoms with Gasteiger partial charge < -0.3 is 24.1 Å². The minimum Gasteiger partial charge on any atom is -0.466 e. The number of esters is 1. The summed E-state index contributed by atoms with van der Waals surface area (Å²) in [5, 5.41) is 3.06. The SMILES string of the molecule is CCOC(=O)C1CCN(c2cc3c(cc2NC(=O)C2CCC2)n(C)c(=O)c(=O)n3C)CC1. The van der Waals surface area contributed by atoms with Gasteiger partial charge in [-0.05, 0) is 44.7 Å². The molecular formula is C23H30N4O5. The van der Waals surface area contributed by atoms with E-state index in [2.05, 4.69) is 10.2 Å². The van der Waals surface area contributed by atoms with Gasteiger partial charge in [0.25, 0.3) is 0 Å². The van der Waals surface area contributed by atoms with Gasteiger partial charge in [-0.3, -0.25) is 19.2 Å². The molecule has 2 heterocycles. The highest BCUT2D eigenvalue weighted by Gasteiger charge is 2.30. The molecule has 9 heteroatoms. The van der Waals surface area contributed by atoms with E-state index in [1.165, 1.54) is 9.13 Å². The molecule has 1 amide bonds. The van der Waals surface area contributed by atoms with Gasteiger partial charge in [-0.2, -0.15) is 0 Å². The van der Waals surface area contributed by atoms with Crippen LogP contribution >= 0.6 is 0 Å². The van der Waals surface area contributed by atoms with Crippen LogP contribution in [0.15, 0.2) is 21.7 Å². The molecule has 1 aliphatic carbocycles. The smallest absolute Gasteiger partial charge is 0.316 e. The molecule has 0 radical (unpaired) electrons. The molecule has 2 aromatic rings. The van der Waals surface area contributed by atoms with Gasteiger partial charge in [-0.25, -0.2) is 0 Å². The number of nitrogens with zero attached hydrogens (tertiary/aromatic N) is 3. The quantitative estimate of drug-likeness (QED) is 0.559. The minimum absolute atomic E-state index is 0.0112. The summed E-state index contributed by atoms with van der Waals surface area (Å²) in [7, 11) is 3.14. The van der Waals surface area contributed by atoms with E-state index >= 15 is 0 Å². The lowest BCUT2D eigenvalue weighted by atomic mass is 9.85. The summed E-state index contributed by atoms with van der Waals surface area (Å²) in [4.78, 5) is 51.7. The average Bonchev–Trinajstić information content (AvgIpc) is 2.75. The molecule has 0 spiro atoms. The number of hydrogen-bond donors (Lipinski definition) is 1. The normalized spacial score (nSPS) is 17.3. The highest BCUT2D eigenvalue weighted by molar-refractivity contribution is 5.99. The molecule has 172 valence electrons. The zero-order valence-corrected chi connectivity index (χ0v) is 18.8. The third-order valence-corrected chi connectivity index (χ3v) is 6.80. The number of hydrogen-bond acceptors (Lipinski definition) is 6. The van der Waals surface area contributed by atoms with Gasteiger partial charge in [-0.15, -0.1) is 0 Å². The Labute approximate surface area is 186 Å². The van der Waals surface area contributed by atoms with E-state index in [1.807, 2.05) is 6.07 Å². The average molecular weight is 443 g/mol. The predicted octanol–water partition coefficient (Wildman–Crippen LogP) is 1.76. The Morgan fingerprint density at radius 1 is 0.969 bits per heavy atom. The summed E-state index contributed by atoms with van der Waals surface area (Å²) in [5.74, 6) is -0.309. The van der Waals surface area contributed by atoms with Crippen molar-refractivity contribution in [3.63, 3.8) is 0 Å². The van der Waals surface area contributed by atoms with Gasteiger partial charge in [0.05, 0.1) is 34.9 Å². The molecule has 1 aliphatic heterocycles. The molecule has 1 saturated heterocycles. The minimum atomic E-state index is -0.612. The van der Waals surface area contributed by atoms with Crippen LogP contribution in [0.4, 0.5) is 11.4 Å². The van der Waals surface area contributed by atoms with E-state index in [1.54, 1.807) is 27.1 Å². The molecule has 9 nitrogen and oxygen atoms in total. The van der Waals surface area contributed by atoms with E-state index in [0.29, 0.717) is 49.3 Å². The van der Waals surface area contributed by atoms with Crippen LogP contribution in [0.2, 0.25) is 0 Å². The Balaban J connectivity index is 1.73. The number of anilines is 2. The number of carbonyl (C=O) groups is 2. The third kappa shape index (κ3) is 3.91. The lowest BCUT2D eigenvalue weighted by Gasteiger charge is -2.34. The summed E-state index contributed by atoms with van der Waals surface area (Å²) < 4.78 is 7.85. The van der Waals surface area contributed by atoms with Crippen molar-refractivity contribution < 1.29 is 14.3 Å². The highest BCUT2D eigenvalue weighted by atomic mass is 16.5. The van der Waals surface area contributed by atoms with E-state index in [-0.39, 0.29) is 23.7 Å². The van der Waals surface area contributed by atoms with Crippen LogP contribution in [0, 0.1) is 11.8 Å². The van der Waals surface area contributed by atoms with Gasteiger partial charge in [0.2, 0.25) is 5.91 Å². The second kappa shape index (κ2) is 8.80. The Morgan fingerprint density at radius 3 is 2.09 bits per heavy atom. The van der Waals surface area contributed by atoms with Crippen molar-refractivity contribution in [1.29, 1.82) is 0 Å². The third-order valence-electron chi connectivity index (χ3n) is 6.80. The van der Waals surface area contributed by atoms with E-state index in [4.69, 9.17) is 4.74 Å². The monoisotopic (exact) mass is 442 g/mol. The number of aryl methyl sites for hydroxylation is 2. The van der Waals surface area contributed by atoms with Crippen LogP contribution in [0.3, 0.4) is 0 Å². The Hall–Kier alpha value is -3.10. The maximum Gasteiger partial charge on any atom is 0.316 e. The topological polar surface area (TPSA) is 103 Å². The molecule has 4 rings (SSSR count). The molecule has 0 unspecified atom stereocenters. The van der Waals surface area contributed by atoms with Gasteiger partial charge in [0.1, 0.15) is 0 Å². The van der Waals surface area contributed by atoms with Crippen molar-refractivity contribution >= 4 is 34.3 Å². The number of aromatic nitrogens is 2. The molecule has 0 atom stereocenters. The van der Waals surface area contributed by atoms with Crippen LogP contribution in [-0.4, -0.2) is 40.7 Å². The predicted molar refractivity (Wildman–Crippen MR) is 122 cm³/mol. The number of fused-ring (bicyclic) bond motifs is 1. The Bertz CT molecular complexity index is 1170. The zero-order valence-electron chi connectivity index (χ0n) is 18.8. The first-order chi connectivity index (χ1) is 15.3. The van der Waals surface area contributed by atoms with Crippen molar-refractivity contribution in [1.82, 2.24) is 9.13 Å². The van der Waals surface area contributed by atoms with E-state index < -0.39 is 11.1 Å². The standard InChI is InChI=1S/C23H30N4O5/c1-4-32-23(31)15-8-10-27(11-9-15)17-13-19-18(25(2)21(29)22(30)26(19)3)12-16(17)24-20(28)14-6-5-7-14/h12-15H,4-11H2,1-3H3,(H,24,28). The molecule has 1 aromatic heterocycles. The van der Waals surface area contributed by atoms with Gasteiger partial charge in [0.15, 0.2) is 0 Å². The molecule has 1 saturated carbocycles. The maximum atomic E-state index is 12.7. The van der Waals surface area contributed by atoms with Crippen molar-refractivity contribution in [2.24, 2.45) is 25.9 Å². The second-order valence-electron chi connectivity index (χ2n) is 8.72. The molecule has 0 bridgehead atoms. The molecule has 2 aliphatic rings. The summed E-state index contributed by atoms with van der Waals surface area (Å²) in [6, 6.07) is 3.64. The number of carbonyl (C=O) groups excluding carboxylic acids is 2. The molecule has 2 fully saturated rings. The number of rotatable bonds is 5. The van der Waals surface area contributed by atoms with Crippen LogP contribution in [0.25, 0.3) is 11.0 Å². The van der Waals surface area contributed by atoms with Crippen LogP contribution < -0.4 is 21.3 Å². The van der Waals surface area contributed by atoms with Crippen molar-refractivity contribution in [2.75, 3.05) is 29.9 Å². The first-order valence-electron chi connectivity index (χ1n) is 11.3. The Kier molecular flexibility index (Phi) is 6.08.